The van der Waals surface area contributed by atoms with Crippen LogP contribution >= 0.6 is 0 Å². The first kappa shape index (κ1) is 35.5. The molecule has 3 aliphatic rings. The molecule has 3 aliphatic heterocycles. The Bertz CT molecular complexity index is 3190. The third kappa shape index (κ3) is 5.66. The number of aliphatic imine (C=N–C) groups is 1. The summed E-state index contributed by atoms with van der Waals surface area (Å²) in [4.78, 5) is 27.7. The number of allylic oxidation sites excluding steroid dienone is 3. The number of nitrogens with zero attached hydrogens (tertiary/aromatic N) is 4. The summed E-state index contributed by atoms with van der Waals surface area (Å²) >= 11 is 0. The lowest BCUT2D eigenvalue weighted by Gasteiger charge is -2.12. The van der Waals surface area contributed by atoms with Gasteiger partial charge in [-0.2, -0.15) is 0 Å². The van der Waals surface area contributed by atoms with Crippen LogP contribution < -0.4 is 35.1 Å². The van der Waals surface area contributed by atoms with Crippen molar-refractivity contribution in [1.29, 1.82) is 0 Å². The summed E-state index contributed by atoms with van der Waals surface area (Å²) in [7, 11) is 6.49. The minimum Gasteiger partial charge on any atom is -0.497 e. The van der Waals surface area contributed by atoms with E-state index in [0.29, 0.717) is 50.5 Å². The number of hydrogen-bond acceptors (Lipinski definition) is 8. The summed E-state index contributed by atoms with van der Waals surface area (Å²) in [6.07, 6.45) is 4.05. The van der Waals surface area contributed by atoms with Gasteiger partial charge in [-0.1, -0.05) is 48.5 Å². The van der Waals surface area contributed by atoms with Crippen LogP contribution in [0.5, 0.6) is 23.0 Å². The van der Waals surface area contributed by atoms with Crippen molar-refractivity contribution in [2.24, 2.45) is 9.98 Å². The molecule has 0 amide bonds. The minimum atomic E-state index is -0.310. The van der Waals surface area contributed by atoms with Gasteiger partial charge in [-0.3, -0.25) is 14.5 Å². The van der Waals surface area contributed by atoms with Crippen LogP contribution in [0.2, 0.25) is 0 Å². The molecule has 288 valence electrons. The highest BCUT2D eigenvalue weighted by Crippen LogP contribution is 2.43. The SMILES string of the molecule is COc1ccc(C2=C3C=CC(=N3)C(c3ccc(OC)cc3)=c3ccc([nH]3)=C(c3ccc(OC)cc3)C3=C([N+](=O)[O-])c4c(-c5ccc(OC)cc5)c5ccc2n5c4=N3)cc1. The first-order valence-corrected chi connectivity index (χ1v) is 18.9. The predicted molar refractivity (Wildman–Crippen MR) is 227 cm³/mol. The number of aromatic amines is 1. The normalized spacial score (nSPS) is 14.2. The lowest BCUT2D eigenvalue weighted by molar-refractivity contribution is -0.375. The molecule has 10 rings (SSSR count). The maximum atomic E-state index is 13.7. The molecular weight excluding hydrogens is 743 g/mol. The first-order chi connectivity index (χ1) is 28.9. The molecule has 11 nitrogen and oxygen atoms in total. The second kappa shape index (κ2) is 13.9. The highest BCUT2D eigenvalue weighted by atomic mass is 16.6. The Kier molecular flexibility index (Phi) is 8.38. The Balaban J connectivity index is 1.39. The second-order valence-corrected chi connectivity index (χ2v) is 14.1. The molecule has 0 saturated carbocycles. The molecule has 0 aliphatic carbocycles. The lowest BCUT2D eigenvalue weighted by Crippen LogP contribution is -2.20. The number of nitrogens with one attached hydrogen (secondary N) is 1. The number of hydrogen-bond donors (Lipinski definition) is 1. The van der Waals surface area contributed by atoms with Crippen LogP contribution in [0.4, 0.5) is 0 Å². The van der Waals surface area contributed by atoms with Crippen LogP contribution in [0.25, 0.3) is 39.1 Å². The van der Waals surface area contributed by atoms with Gasteiger partial charge in [0.25, 0.3) is 0 Å². The van der Waals surface area contributed by atoms with Gasteiger partial charge in [0.2, 0.25) is 0 Å². The van der Waals surface area contributed by atoms with E-state index in [1.807, 2.05) is 138 Å². The zero-order valence-electron chi connectivity index (χ0n) is 32.4. The van der Waals surface area contributed by atoms with Gasteiger partial charge in [-0.25, -0.2) is 9.98 Å². The van der Waals surface area contributed by atoms with Crippen molar-refractivity contribution < 1.29 is 23.9 Å². The van der Waals surface area contributed by atoms with Gasteiger partial charge in [0.05, 0.1) is 56.0 Å². The third-order valence-electron chi connectivity index (χ3n) is 11.1. The number of aromatic nitrogens is 2. The second-order valence-electron chi connectivity index (χ2n) is 14.1. The van der Waals surface area contributed by atoms with Gasteiger partial charge in [-0.05, 0) is 107 Å². The summed E-state index contributed by atoms with van der Waals surface area (Å²) < 4.78 is 24.1. The molecule has 11 heteroatoms. The van der Waals surface area contributed by atoms with Crippen molar-refractivity contribution in [3.05, 3.63) is 199 Å². The molecule has 0 saturated heterocycles. The van der Waals surface area contributed by atoms with E-state index in [4.69, 9.17) is 28.9 Å². The van der Waals surface area contributed by atoms with Crippen LogP contribution in [0, 0.1) is 10.1 Å². The Hall–Kier alpha value is -7.92. The molecule has 0 radical (unpaired) electrons. The number of rotatable bonds is 9. The average molecular weight is 778 g/mol. The van der Waals surface area contributed by atoms with Crippen molar-refractivity contribution >= 4 is 33.6 Å². The van der Waals surface area contributed by atoms with Crippen LogP contribution in [-0.2, 0) is 0 Å². The van der Waals surface area contributed by atoms with E-state index >= 15 is 0 Å². The molecule has 3 aromatic heterocycles. The van der Waals surface area contributed by atoms with Crippen molar-refractivity contribution in [3.63, 3.8) is 0 Å². The van der Waals surface area contributed by atoms with E-state index in [-0.39, 0.29) is 16.3 Å². The topological polar surface area (TPSA) is 125 Å². The van der Waals surface area contributed by atoms with Gasteiger partial charge in [-0.15, -0.1) is 0 Å². The van der Waals surface area contributed by atoms with E-state index < -0.39 is 0 Å². The van der Waals surface area contributed by atoms with Gasteiger partial charge < -0.3 is 23.9 Å². The van der Waals surface area contributed by atoms with E-state index in [1.54, 1.807) is 28.4 Å². The number of methoxy groups -OCH3 is 4. The van der Waals surface area contributed by atoms with Crippen molar-refractivity contribution in [1.82, 2.24) is 9.38 Å². The van der Waals surface area contributed by atoms with Crippen LogP contribution in [0.15, 0.2) is 155 Å². The number of nitro groups is 1. The van der Waals surface area contributed by atoms with E-state index in [1.165, 1.54) is 0 Å². The fourth-order valence-electron chi connectivity index (χ4n) is 8.30. The van der Waals surface area contributed by atoms with Crippen molar-refractivity contribution in [2.45, 2.75) is 0 Å². The fourth-order valence-corrected chi connectivity index (χ4v) is 8.30. The summed E-state index contributed by atoms with van der Waals surface area (Å²) in [6.45, 7) is 0. The molecule has 0 fully saturated rings. The van der Waals surface area contributed by atoms with Crippen LogP contribution in [0.1, 0.15) is 27.9 Å². The van der Waals surface area contributed by atoms with Crippen LogP contribution in [-0.4, -0.2) is 48.5 Å². The molecule has 59 heavy (non-hydrogen) atoms. The van der Waals surface area contributed by atoms with Gasteiger partial charge in [0.15, 0.2) is 11.2 Å². The standard InChI is InChI=1S/C48H35N5O6/c1-56-31-13-5-27(6-14-31)41-35-21-23-37(49-35)42(28-7-15-32(57-2)16-8-28)39-25-26-40-44(30-11-19-34(59-4)20-12-30)45-47(53(54)55)46(51-48(45)52(39)40)43(38-24-22-36(41)50-38)29-9-17-33(58-3)18-10-29/h5-26,50H,1-4H3. The Morgan fingerprint density at radius 3 is 1.56 bits per heavy atom. The highest BCUT2D eigenvalue weighted by molar-refractivity contribution is 6.30. The first-order valence-electron chi connectivity index (χ1n) is 18.9. The van der Waals surface area contributed by atoms with E-state index in [0.717, 1.165) is 61.4 Å². The molecular formula is C48H35N5O6. The van der Waals surface area contributed by atoms with E-state index in [2.05, 4.69) is 4.98 Å². The predicted octanol–water partition coefficient (Wildman–Crippen LogP) is 7.15. The molecule has 6 heterocycles. The Morgan fingerprint density at radius 1 is 0.542 bits per heavy atom. The molecule has 7 aromatic rings. The van der Waals surface area contributed by atoms with E-state index in [9.17, 15) is 10.1 Å². The fraction of sp³-hybridized carbons (Fsp3) is 0.0833. The Morgan fingerprint density at radius 2 is 1.03 bits per heavy atom. The van der Waals surface area contributed by atoms with Crippen molar-refractivity contribution in [3.8, 4) is 34.1 Å². The molecule has 6 bridgehead atoms. The number of fused-ring (bicyclic) bond motifs is 4. The maximum Gasteiger partial charge on any atom is 0.307 e. The summed E-state index contributed by atoms with van der Waals surface area (Å²) in [5.74, 6) is 2.76. The largest absolute Gasteiger partial charge is 0.497 e. The number of ether oxygens (including phenoxy) is 4. The highest BCUT2D eigenvalue weighted by Gasteiger charge is 2.38. The average Bonchev–Trinajstić information content (AvgIpc) is 4.12. The number of H-pyrrole nitrogens is 1. The Labute approximate surface area is 337 Å². The summed E-state index contributed by atoms with van der Waals surface area (Å²) in [5, 5.41) is 15.1. The smallest absolute Gasteiger partial charge is 0.307 e. The quantitative estimate of drug-likeness (QED) is 0.123. The molecule has 0 spiro atoms. The number of benzene rings is 4. The zero-order valence-corrected chi connectivity index (χ0v) is 32.4. The third-order valence-corrected chi connectivity index (χ3v) is 11.1. The van der Waals surface area contributed by atoms with Gasteiger partial charge in [0, 0.05) is 33.0 Å². The molecule has 0 unspecified atom stereocenters. The summed E-state index contributed by atoms with van der Waals surface area (Å²) in [5.41, 5.74) is 10.2. The summed E-state index contributed by atoms with van der Waals surface area (Å²) in [6, 6.07) is 38.7. The maximum absolute atomic E-state index is 13.7. The minimum absolute atomic E-state index is 0.101. The van der Waals surface area contributed by atoms with Crippen LogP contribution in [0.3, 0.4) is 0 Å². The molecule has 4 aromatic carbocycles. The lowest BCUT2D eigenvalue weighted by atomic mass is 9.97. The van der Waals surface area contributed by atoms with Gasteiger partial charge in [0.1, 0.15) is 28.6 Å². The van der Waals surface area contributed by atoms with Crippen molar-refractivity contribution in [2.75, 3.05) is 28.4 Å². The zero-order chi connectivity index (χ0) is 40.4. The molecule has 0 atom stereocenters. The monoisotopic (exact) mass is 777 g/mol. The molecule has 1 N–H and O–H groups in total. The van der Waals surface area contributed by atoms with Gasteiger partial charge >= 0.3 is 5.70 Å².